The Morgan fingerprint density at radius 1 is 0.780 bits per heavy atom. The molecule has 3 aromatic rings. The third kappa shape index (κ3) is 14.2. The van der Waals surface area contributed by atoms with Crippen molar-refractivity contribution in [2.75, 3.05) is 12.2 Å². The molecule has 2 aromatic carbocycles. The van der Waals surface area contributed by atoms with E-state index >= 15 is 0 Å². The average molecular weight is 714 g/mol. The van der Waals surface area contributed by atoms with Gasteiger partial charge in [-0.05, 0) is 101 Å². The van der Waals surface area contributed by atoms with E-state index in [4.69, 9.17) is 19.0 Å². The Hall–Kier alpha value is -4.49. The Morgan fingerprint density at radius 2 is 1.34 bits per heavy atom. The topological polar surface area (TPSA) is 150 Å². The van der Waals surface area contributed by atoms with Crippen LogP contribution in [0.4, 0.5) is 10.6 Å². The molecule has 1 atom stereocenters. The van der Waals surface area contributed by atoms with Crippen molar-refractivity contribution < 1.29 is 41.8 Å². The highest BCUT2D eigenvalue weighted by atomic mass is 32.2. The molecule has 13 heteroatoms. The van der Waals surface area contributed by atoms with Gasteiger partial charge in [-0.1, -0.05) is 56.2 Å². The number of aromatic nitrogens is 1. The number of carbonyl (C=O) groups excluding carboxylic acids is 3. The van der Waals surface area contributed by atoms with Crippen molar-refractivity contribution in [2.24, 2.45) is 0 Å². The van der Waals surface area contributed by atoms with Gasteiger partial charge < -0.3 is 19.0 Å². The van der Waals surface area contributed by atoms with E-state index in [-0.39, 0.29) is 34.1 Å². The zero-order valence-electron chi connectivity index (χ0n) is 31.1. The maximum Gasteiger partial charge on any atom is 0.450 e. The van der Waals surface area contributed by atoms with E-state index in [1.165, 1.54) is 32.2 Å². The molecule has 3 rings (SSSR count). The highest BCUT2D eigenvalue weighted by Crippen LogP contribution is 2.27. The summed E-state index contributed by atoms with van der Waals surface area (Å²) in [6.07, 6.45) is -0.702. The molecule has 0 bridgehead atoms. The Balaban J connectivity index is 0.000000963. The number of amides is 1. The quantitative estimate of drug-likeness (QED) is 0.187. The van der Waals surface area contributed by atoms with Gasteiger partial charge in [0, 0.05) is 13.8 Å². The molecule has 0 aliphatic rings. The maximum atomic E-state index is 13.5. The Bertz CT molecular complexity index is 1700. The Morgan fingerprint density at radius 3 is 1.78 bits per heavy atom. The SMILES string of the molecule is CC(=O)OC(C)(C)C.COc1ccc(S(=O)(=O)NC(Cc2ccc(C(C)(C)C)cc2)c2cccc(N(OC(C)=O)C(=O)OC(C)(C)C)n2)cc1. The number of pyridine rings is 1. The molecule has 1 N–H and O–H groups in total. The van der Waals surface area contributed by atoms with E-state index < -0.39 is 33.7 Å². The fourth-order valence-electron chi connectivity index (χ4n) is 4.38. The fourth-order valence-corrected chi connectivity index (χ4v) is 5.59. The van der Waals surface area contributed by atoms with Crippen LogP contribution in [0.25, 0.3) is 0 Å². The summed E-state index contributed by atoms with van der Waals surface area (Å²) in [4.78, 5) is 44.7. The van der Waals surface area contributed by atoms with Gasteiger partial charge in [-0.3, -0.25) is 4.79 Å². The van der Waals surface area contributed by atoms with Gasteiger partial charge in [0.1, 0.15) is 17.0 Å². The van der Waals surface area contributed by atoms with Gasteiger partial charge in [0.25, 0.3) is 0 Å². The monoisotopic (exact) mass is 713 g/mol. The fraction of sp³-hybridized carbons (Fsp3) is 0.459. The first kappa shape index (κ1) is 41.7. The maximum absolute atomic E-state index is 13.5. The zero-order valence-corrected chi connectivity index (χ0v) is 31.9. The highest BCUT2D eigenvalue weighted by Gasteiger charge is 2.29. The van der Waals surface area contributed by atoms with Gasteiger partial charge in [-0.25, -0.2) is 27.7 Å². The van der Waals surface area contributed by atoms with Crippen LogP contribution in [0.2, 0.25) is 0 Å². The normalized spacial score (nSPS) is 12.5. The van der Waals surface area contributed by atoms with Crippen molar-refractivity contribution in [1.82, 2.24) is 9.71 Å². The second-order valence-corrected chi connectivity index (χ2v) is 16.2. The van der Waals surface area contributed by atoms with Gasteiger partial charge in [0.2, 0.25) is 10.0 Å². The first-order chi connectivity index (χ1) is 22.9. The number of rotatable bonds is 8. The van der Waals surface area contributed by atoms with Crippen LogP contribution in [0.5, 0.6) is 5.75 Å². The first-order valence-electron chi connectivity index (χ1n) is 16.0. The van der Waals surface area contributed by atoms with Crippen molar-refractivity contribution in [3.8, 4) is 5.75 Å². The number of hydrogen-bond acceptors (Lipinski definition) is 10. The predicted octanol–water partition coefficient (Wildman–Crippen LogP) is 7.22. The number of benzene rings is 2. The van der Waals surface area contributed by atoms with Gasteiger partial charge in [-0.2, -0.15) is 0 Å². The van der Waals surface area contributed by atoms with E-state index in [2.05, 4.69) is 30.5 Å². The number of ether oxygens (including phenoxy) is 3. The molecule has 12 nitrogen and oxygen atoms in total. The number of methoxy groups -OCH3 is 1. The average Bonchev–Trinajstić information content (AvgIpc) is 2.97. The number of nitrogens with one attached hydrogen (secondary N) is 1. The molecule has 1 amide bonds. The zero-order chi connectivity index (χ0) is 38.1. The molecule has 0 fully saturated rings. The van der Waals surface area contributed by atoms with Gasteiger partial charge in [0.15, 0.2) is 5.82 Å². The van der Waals surface area contributed by atoms with Crippen molar-refractivity contribution in [2.45, 2.75) is 110 Å². The smallest absolute Gasteiger partial charge is 0.450 e. The number of nitrogens with zero attached hydrogens (tertiary/aromatic N) is 2. The van der Waals surface area contributed by atoms with Crippen LogP contribution in [0.1, 0.15) is 99.0 Å². The Kier molecular flexibility index (Phi) is 14.1. The second kappa shape index (κ2) is 16.9. The van der Waals surface area contributed by atoms with Crippen LogP contribution in [0.3, 0.4) is 0 Å². The summed E-state index contributed by atoms with van der Waals surface area (Å²) in [5.74, 6) is -0.513. The van der Waals surface area contributed by atoms with Crippen LogP contribution < -0.4 is 14.5 Å². The molecule has 0 aliphatic heterocycles. The summed E-state index contributed by atoms with van der Waals surface area (Å²) in [6, 6.07) is 17.8. The minimum atomic E-state index is -4.01. The summed E-state index contributed by atoms with van der Waals surface area (Å²) < 4.78 is 45.1. The molecule has 0 aliphatic carbocycles. The van der Waals surface area contributed by atoms with Crippen molar-refractivity contribution in [3.05, 3.63) is 83.6 Å². The predicted molar refractivity (Wildman–Crippen MR) is 191 cm³/mol. The summed E-state index contributed by atoms with van der Waals surface area (Å²) in [5.41, 5.74) is 1.04. The van der Waals surface area contributed by atoms with Crippen LogP contribution in [0, 0.1) is 0 Å². The van der Waals surface area contributed by atoms with Crippen molar-refractivity contribution in [3.63, 3.8) is 0 Å². The van der Waals surface area contributed by atoms with Gasteiger partial charge in [-0.15, -0.1) is 0 Å². The lowest BCUT2D eigenvalue weighted by atomic mass is 9.86. The van der Waals surface area contributed by atoms with E-state index in [9.17, 15) is 22.8 Å². The van der Waals surface area contributed by atoms with Crippen LogP contribution in [0.15, 0.2) is 71.6 Å². The number of esters is 1. The lowest BCUT2D eigenvalue weighted by Gasteiger charge is -2.26. The number of carbonyl (C=O) groups is 3. The van der Waals surface area contributed by atoms with Gasteiger partial charge >= 0.3 is 18.0 Å². The molecule has 50 heavy (non-hydrogen) atoms. The van der Waals surface area contributed by atoms with Crippen LogP contribution >= 0.6 is 0 Å². The minimum absolute atomic E-state index is 0.0443. The lowest BCUT2D eigenvalue weighted by molar-refractivity contribution is -0.152. The standard InChI is InChI=1S/C31H39N3O7S.C6H12O2/c1-21(35)41-34(29(36)40-31(5,6)7)28-11-9-10-26(32-28)27(20-22-12-14-23(15-13-22)30(2,3)4)33-42(37,38)25-18-16-24(39-8)17-19-25;1-5(7)8-6(2,3)4/h9-19,27,33H,20H2,1-8H3;1-4H3. The van der Waals surface area contributed by atoms with E-state index in [0.717, 1.165) is 18.1 Å². The molecular formula is C37H51N3O9S. The van der Waals surface area contributed by atoms with Crippen molar-refractivity contribution >= 4 is 33.9 Å². The van der Waals surface area contributed by atoms with Crippen LogP contribution in [-0.4, -0.2) is 49.7 Å². The minimum Gasteiger partial charge on any atom is -0.497 e. The number of anilines is 1. The van der Waals surface area contributed by atoms with E-state index in [1.807, 2.05) is 45.0 Å². The van der Waals surface area contributed by atoms with Gasteiger partial charge in [0.05, 0.1) is 23.7 Å². The molecule has 274 valence electrons. The molecule has 0 saturated heterocycles. The Labute approximate surface area is 296 Å². The molecule has 1 unspecified atom stereocenters. The third-order valence-electron chi connectivity index (χ3n) is 6.48. The van der Waals surface area contributed by atoms with Crippen molar-refractivity contribution in [1.29, 1.82) is 0 Å². The first-order valence-corrected chi connectivity index (χ1v) is 17.5. The van der Waals surface area contributed by atoms with Crippen LogP contribution in [-0.2, 0) is 45.8 Å². The summed E-state index contributed by atoms with van der Waals surface area (Å²) >= 11 is 0. The van der Waals surface area contributed by atoms with E-state index in [1.54, 1.807) is 45.0 Å². The molecule has 1 heterocycles. The summed E-state index contributed by atoms with van der Waals surface area (Å²) in [6.45, 7) is 19.5. The third-order valence-corrected chi connectivity index (χ3v) is 7.96. The van der Waals surface area contributed by atoms with E-state index in [0.29, 0.717) is 16.5 Å². The number of hydrogen-bond donors (Lipinski definition) is 1. The molecular weight excluding hydrogens is 662 g/mol. The second-order valence-electron chi connectivity index (χ2n) is 14.5. The molecule has 1 aromatic heterocycles. The number of hydroxylamine groups is 1. The number of sulfonamides is 1. The molecule has 0 radical (unpaired) electrons. The summed E-state index contributed by atoms with van der Waals surface area (Å²) in [5, 5.41) is 0.657. The largest absolute Gasteiger partial charge is 0.497 e. The summed E-state index contributed by atoms with van der Waals surface area (Å²) in [7, 11) is -2.51. The lowest BCUT2D eigenvalue weighted by Crippen LogP contribution is -2.39. The molecule has 0 spiro atoms. The molecule has 0 saturated carbocycles. The highest BCUT2D eigenvalue weighted by molar-refractivity contribution is 7.89.